The lowest BCUT2D eigenvalue weighted by Crippen LogP contribution is -2.48. The number of carboxylic acids is 1. The van der Waals surface area contributed by atoms with Crippen molar-refractivity contribution in [2.45, 2.75) is 57.2 Å². The smallest absolute Gasteiger partial charge is 0.478 e. The molecule has 1 aromatic carbocycles. The first-order chi connectivity index (χ1) is 12.8. The highest BCUT2D eigenvalue weighted by atomic mass is 19.1. The molecule has 1 aliphatic heterocycles. The van der Waals surface area contributed by atoms with Crippen molar-refractivity contribution in [2.75, 3.05) is 0 Å². The van der Waals surface area contributed by atoms with Crippen LogP contribution in [0, 0.1) is 5.82 Å². The number of nitrogens with two attached hydrogens (primary N) is 2. The van der Waals surface area contributed by atoms with Gasteiger partial charge in [-0.15, -0.1) is 0 Å². The van der Waals surface area contributed by atoms with E-state index in [9.17, 15) is 19.0 Å². The standard InChI is InChI=1S/C17H25BFN3O5/c19-14-5-10(4-11(8-20)13(14)9-21)6-16(23)22-15-3-1-2-12(7-17(24)25)27-18(15)26/h4-5,12,15,26H,1-3,6-9,20-21H2,(H,22,23)(H,24,25)/t12-,15+/m1/s1. The minimum absolute atomic E-state index is 0.0218. The summed E-state index contributed by atoms with van der Waals surface area (Å²) in [6, 6.07) is 2.90. The molecule has 1 aromatic rings. The third-order valence-corrected chi connectivity index (χ3v) is 4.60. The predicted molar refractivity (Wildman–Crippen MR) is 96.8 cm³/mol. The second kappa shape index (κ2) is 9.79. The zero-order valence-corrected chi connectivity index (χ0v) is 15.0. The van der Waals surface area contributed by atoms with Crippen LogP contribution in [0.4, 0.5) is 4.39 Å². The third kappa shape index (κ3) is 6.00. The number of rotatable bonds is 7. The van der Waals surface area contributed by atoms with Gasteiger partial charge in [-0.3, -0.25) is 9.59 Å². The maximum absolute atomic E-state index is 14.1. The number of nitrogens with one attached hydrogen (secondary N) is 1. The molecule has 2 rings (SSSR count). The Morgan fingerprint density at radius 3 is 2.67 bits per heavy atom. The molecule has 0 saturated carbocycles. The predicted octanol–water partition coefficient (Wildman–Crippen LogP) is -0.166. The number of carboxylic acid groups (broad SMARTS) is 1. The fourth-order valence-electron chi connectivity index (χ4n) is 3.27. The first kappa shape index (κ1) is 21.3. The van der Waals surface area contributed by atoms with Crippen LogP contribution in [0.3, 0.4) is 0 Å². The molecule has 0 aromatic heterocycles. The van der Waals surface area contributed by atoms with Crippen molar-refractivity contribution in [3.63, 3.8) is 0 Å². The number of hydrogen-bond acceptors (Lipinski definition) is 6. The normalized spacial score (nSPS) is 20.2. The molecule has 2 atom stereocenters. The number of carbonyl (C=O) groups excluding carboxylic acids is 1. The Hall–Kier alpha value is -2.01. The maximum Gasteiger partial charge on any atom is 0.478 e. The fourth-order valence-corrected chi connectivity index (χ4v) is 3.27. The summed E-state index contributed by atoms with van der Waals surface area (Å²) in [6.45, 7) is 0.132. The van der Waals surface area contributed by atoms with E-state index < -0.39 is 36.9 Å². The molecule has 7 N–H and O–H groups in total. The molecule has 1 aliphatic rings. The van der Waals surface area contributed by atoms with Crippen molar-refractivity contribution >= 4 is 19.0 Å². The van der Waals surface area contributed by atoms with Crippen molar-refractivity contribution in [1.82, 2.24) is 5.32 Å². The topological polar surface area (TPSA) is 148 Å². The Kier molecular flexibility index (Phi) is 7.72. The second-order valence-electron chi connectivity index (χ2n) is 6.65. The largest absolute Gasteiger partial charge is 0.481 e. The van der Waals surface area contributed by atoms with E-state index >= 15 is 0 Å². The van der Waals surface area contributed by atoms with Gasteiger partial charge in [0.1, 0.15) is 5.82 Å². The van der Waals surface area contributed by atoms with Gasteiger partial charge >= 0.3 is 13.1 Å². The minimum atomic E-state index is -1.29. The van der Waals surface area contributed by atoms with Crippen molar-refractivity contribution in [3.8, 4) is 0 Å². The van der Waals surface area contributed by atoms with E-state index in [0.29, 0.717) is 36.0 Å². The van der Waals surface area contributed by atoms with Crippen LogP contribution in [0.15, 0.2) is 12.1 Å². The van der Waals surface area contributed by atoms with E-state index in [1.807, 2.05) is 0 Å². The molecule has 10 heteroatoms. The Balaban J connectivity index is 1.99. The van der Waals surface area contributed by atoms with Gasteiger partial charge in [0.05, 0.1) is 24.9 Å². The summed E-state index contributed by atoms with van der Waals surface area (Å²) < 4.78 is 19.4. The van der Waals surface area contributed by atoms with Crippen LogP contribution >= 0.6 is 0 Å². The van der Waals surface area contributed by atoms with Gasteiger partial charge in [0, 0.05) is 18.7 Å². The summed E-state index contributed by atoms with van der Waals surface area (Å²) in [5.74, 6) is -2.56. The van der Waals surface area contributed by atoms with Gasteiger partial charge < -0.3 is 31.6 Å². The molecule has 27 heavy (non-hydrogen) atoms. The number of benzene rings is 1. The van der Waals surface area contributed by atoms with E-state index in [0.717, 1.165) is 0 Å². The molecule has 1 fully saturated rings. The van der Waals surface area contributed by atoms with E-state index in [4.69, 9.17) is 21.2 Å². The van der Waals surface area contributed by atoms with Crippen LogP contribution in [-0.2, 0) is 33.8 Å². The van der Waals surface area contributed by atoms with Crippen LogP contribution in [0.1, 0.15) is 42.4 Å². The molecule has 0 unspecified atom stereocenters. The zero-order valence-electron chi connectivity index (χ0n) is 15.0. The van der Waals surface area contributed by atoms with Gasteiger partial charge in [-0.2, -0.15) is 0 Å². The highest BCUT2D eigenvalue weighted by molar-refractivity contribution is 6.45. The molecule has 148 valence electrons. The van der Waals surface area contributed by atoms with Crippen LogP contribution < -0.4 is 16.8 Å². The molecule has 0 aliphatic carbocycles. The Morgan fingerprint density at radius 1 is 1.30 bits per heavy atom. The van der Waals surface area contributed by atoms with Gasteiger partial charge in [0.25, 0.3) is 0 Å². The lowest BCUT2D eigenvalue weighted by Gasteiger charge is -2.20. The summed E-state index contributed by atoms with van der Waals surface area (Å²) in [7, 11) is -1.29. The quantitative estimate of drug-likeness (QED) is 0.412. The average molecular weight is 381 g/mol. The highest BCUT2D eigenvalue weighted by Crippen LogP contribution is 2.19. The van der Waals surface area contributed by atoms with Gasteiger partial charge in [0.2, 0.25) is 5.91 Å². The lowest BCUT2D eigenvalue weighted by molar-refractivity contribution is -0.139. The van der Waals surface area contributed by atoms with Gasteiger partial charge in [0.15, 0.2) is 0 Å². The van der Waals surface area contributed by atoms with Crippen molar-refractivity contribution in [1.29, 1.82) is 0 Å². The molecule has 0 radical (unpaired) electrons. The van der Waals surface area contributed by atoms with Crippen LogP contribution in [0.25, 0.3) is 0 Å². The van der Waals surface area contributed by atoms with Gasteiger partial charge in [-0.1, -0.05) is 6.07 Å². The monoisotopic (exact) mass is 381 g/mol. The van der Waals surface area contributed by atoms with Gasteiger partial charge in [-0.05, 0) is 36.5 Å². The Bertz CT molecular complexity index is 691. The number of hydrogen-bond donors (Lipinski definition) is 5. The summed E-state index contributed by atoms with van der Waals surface area (Å²) in [6.07, 6.45) is 0.670. The summed E-state index contributed by atoms with van der Waals surface area (Å²) >= 11 is 0. The van der Waals surface area contributed by atoms with E-state index in [-0.39, 0.29) is 25.9 Å². The van der Waals surface area contributed by atoms with Crippen molar-refractivity contribution in [2.24, 2.45) is 11.5 Å². The lowest BCUT2D eigenvalue weighted by atomic mass is 9.76. The van der Waals surface area contributed by atoms with E-state index in [1.165, 1.54) is 6.07 Å². The minimum Gasteiger partial charge on any atom is -0.481 e. The molecule has 1 heterocycles. The second-order valence-corrected chi connectivity index (χ2v) is 6.65. The third-order valence-electron chi connectivity index (χ3n) is 4.60. The fraction of sp³-hybridized carbons (Fsp3) is 0.529. The summed E-state index contributed by atoms with van der Waals surface area (Å²) in [4.78, 5) is 23.1. The molecular formula is C17H25BFN3O5. The molecule has 8 nitrogen and oxygen atoms in total. The summed E-state index contributed by atoms with van der Waals surface area (Å²) in [5.41, 5.74) is 12.5. The Morgan fingerprint density at radius 2 is 2.04 bits per heavy atom. The van der Waals surface area contributed by atoms with Crippen molar-refractivity contribution < 1.29 is 28.8 Å². The molecular weight excluding hydrogens is 356 g/mol. The SMILES string of the molecule is NCc1cc(CC(=O)N[C@H]2CCC[C@H](CC(=O)O)OB2O)cc(F)c1CN. The first-order valence-corrected chi connectivity index (χ1v) is 8.89. The first-order valence-electron chi connectivity index (χ1n) is 8.89. The van der Waals surface area contributed by atoms with Crippen LogP contribution in [-0.4, -0.2) is 41.2 Å². The Labute approximate surface area is 157 Å². The number of aliphatic carboxylic acids is 1. The average Bonchev–Trinajstić information content (AvgIpc) is 2.75. The van der Waals surface area contributed by atoms with Crippen LogP contribution in [0.5, 0.6) is 0 Å². The number of carbonyl (C=O) groups is 2. The van der Waals surface area contributed by atoms with Crippen molar-refractivity contribution in [3.05, 3.63) is 34.6 Å². The molecule has 0 spiro atoms. The zero-order chi connectivity index (χ0) is 20.0. The molecule has 1 amide bonds. The molecule has 1 saturated heterocycles. The number of amides is 1. The van der Waals surface area contributed by atoms with E-state index in [1.54, 1.807) is 6.07 Å². The van der Waals surface area contributed by atoms with E-state index in [2.05, 4.69) is 5.32 Å². The van der Waals surface area contributed by atoms with Crippen LogP contribution in [0.2, 0.25) is 0 Å². The highest BCUT2D eigenvalue weighted by Gasteiger charge is 2.34. The maximum atomic E-state index is 14.1. The summed E-state index contributed by atoms with van der Waals surface area (Å²) in [5, 5.41) is 21.6. The molecule has 0 bridgehead atoms. The van der Waals surface area contributed by atoms with Gasteiger partial charge in [-0.25, -0.2) is 4.39 Å². The number of halogens is 1.